The Kier molecular flexibility index (Phi) is 1.39. The van der Waals surface area contributed by atoms with E-state index >= 15 is 0 Å². The molecule has 1 rings (SSSR count). The van der Waals surface area contributed by atoms with E-state index in [1.807, 2.05) is 0 Å². The first-order valence-corrected chi connectivity index (χ1v) is 2.16. The van der Waals surface area contributed by atoms with E-state index in [1.54, 1.807) is 0 Å². The molecule has 48 valence electrons. The van der Waals surface area contributed by atoms with E-state index in [4.69, 9.17) is 0 Å². The van der Waals surface area contributed by atoms with E-state index in [1.165, 1.54) is 7.11 Å². The predicted molar refractivity (Wildman–Crippen MR) is 25.6 cm³/mol. The van der Waals surface area contributed by atoms with Crippen LogP contribution in [-0.2, 0) is 4.74 Å². The number of carbonyl (C=O) groups excluding carboxylic acids is 1. The molecular weight excluding hydrogens is 124 g/mol. The first-order valence-electron chi connectivity index (χ1n) is 2.16. The van der Waals surface area contributed by atoms with Gasteiger partial charge in [-0.3, -0.25) is 0 Å². The first-order chi connectivity index (χ1) is 4.34. The van der Waals surface area contributed by atoms with Gasteiger partial charge in [-0.1, -0.05) is 4.80 Å². The Hall–Kier alpha value is -1.46. The fraction of sp³-hybridized carbons (Fsp3) is 0.333. The van der Waals surface area contributed by atoms with Gasteiger partial charge in [-0.25, -0.2) is 4.79 Å². The van der Waals surface area contributed by atoms with Crippen molar-refractivity contribution in [2.24, 2.45) is 0 Å². The number of aromatic nitrogens is 4. The van der Waals surface area contributed by atoms with Crippen molar-refractivity contribution in [3.63, 3.8) is 0 Å². The normalized spacial score (nSPS) is 9.00. The van der Waals surface area contributed by atoms with Crippen molar-refractivity contribution in [1.82, 2.24) is 20.2 Å². The third-order valence-corrected chi connectivity index (χ3v) is 0.687. The molecule has 1 heterocycles. The topological polar surface area (TPSA) is 69.9 Å². The van der Waals surface area contributed by atoms with E-state index < -0.39 is 6.09 Å². The average molecular weight is 128 g/mol. The second-order valence-electron chi connectivity index (χ2n) is 1.20. The summed E-state index contributed by atoms with van der Waals surface area (Å²) >= 11 is 0. The highest BCUT2D eigenvalue weighted by Gasteiger charge is 2.02. The molecule has 9 heavy (non-hydrogen) atoms. The third kappa shape index (κ3) is 1.01. The van der Waals surface area contributed by atoms with Crippen LogP contribution in [-0.4, -0.2) is 33.4 Å². The zero-order chi connectivity index (χ0) is 6.69. The molecule has 0 spiro atoms. The van der Waals surface area contributed by atoms with Crippen molar-refractivity contribution in [1.29, 1.82) is 0 Å². The zero-order valence-corrected chi connectivity index (χ0v) is 4.68. The Morgan fingerprint density at radius 1 is 1.78 bits per heavy atom. The molecule has 6 nitrogen and oxygen atoms in total. The molecule has 0 radical (unpaired) electrons. The van der Waals surface area contributed by atoms with Crippen LogP contribution < -0.4 is 0 Å². The monoisotopic (exact) mass is 128 g/mol. The fourth-order valence-corrected chi connectivity index (χ4v) is 0.332. The minimum atomic E-state index is -0.646. The standard InChI is InChI=1S/C3H4N4O2/c1-9-3(8)7-5-2-4-6-7/h2H,1H3. The maximum atomic E-state index is 10.5. The van der Waals surface area contributed by atoms with Gasteiger partial charge in [-0.15, -0.1) is 10.2 Å². The van der Waals surface area contributed by atoms with Crippen LogP contribution in [0.5, 0.6) is 0 Å². The van der Waals surface area contributed by atoms with Crippen LogP contribution in [0.3, 0.4) is 0 Å². The van der Waals surface area contributed by atoms with Gasteiger partial charge in [0, 0.05) is 0 Å². The van der Waals surface area contributed by atoms with Crippen LogP contribution in [0.15, 0.2) is 6.33 Å². The number of ether oxygens (including phenoxy) is 1. The van der Waals surface area contributed by atoms with Gasteiger partial charge in [0.15, 0.2) is 6.33 Å². The van der Waals surface area contributed by atoms with Gasteiger partial charge in [-0.05, 0) is 5.21 Å². The number of rotatable bonds is 0. The van der Waals surface area contributed by atoms with Crippen LogP contribution in [0.1, 0.15) is 0 Å². The van der Waals surface area contributed by atoms with Gasteiger partial charge >= 0.3 is 6.09 Å². The highest BCUT2D eigenvalue weighted by atomic mass is 16.5. The lowest BCUT2D eigenvalue weighted by molar-refractivity contribution is 0.164. The Labute approximate surface area is 50.4 Å². The number of hydrogen-bond acceptors (Lipinski definition) is 5. The summed E-state index contributed by atoms with van der Waals surface area (Å²) in [6.45, 7) is 0. The van der Waals surface area contributed by atoms with E-state index in [-0.39, 0.29) is 0 Å². The summed E-state index contributed by atoms with van der Waals surface area (Å²) in [4.78, 5) is 11.2. The van der Waals surface area contributed by atoms with Crippen molar-refractivity contribution in [2.45, 2.75) is 0 Å². The second kappa shape index (κ2) is 2.21. The van der Waals surface area contributed by atoms with Crippen molar-refractivity contribution in [3.05, 3.63) is 6.33 Å². The molecule has 1 aromatic heterocycles. The van der Waals surface area contributed by atoms with Gasteiger partial charge in [0.1, 0.15) is 0 Å². The fourth-order valence-electron chi connectivity index (χ4n) is 0.332. The van der Waals surface area contributed by atoms with Gasteiger partial charge in [0.25, 0.3) is 0 Å². The number of carbonyl (C=O) groups is 1. The molecule has 0 fully saturated rings. The Morgan fingerprint density at radius 2 is 2.56 bits per heavy atom. The first kappa shape index (κ1) is 5.67. The number of nitrogens with zero attached hydrogens (tertiary/aromatic N) is 4. The van der Waals surface area contributed by atoms with Crippen molar-refractivity contribution < 1.29 is 9.53 Å². The van der Waals surface area contributed by atoms with E-state index in [0.29, 0.717) is 0 Å². The predicted octanol–water partition coefficient (Wildman–Crippen LogP) is -0.712. The maximum Gasteiger partial charge on any atom is 0.453 e. The Morgan fingerprint density at radius 3 is 3.00 bits per heavy atom. The minimum Gasteiger partial charge on any atom is -0.450 e. The SMILES string of the molecule is COC(=O)n1ncnn1. The van der Waals surface area contributed by atoms with Crippen molar-refractivity contribution in [2.75, 3.05) is 7.11 Å². The van der Waals surface area contributed by atoms with Gasteiger partial charge in [0.2, 0.25) is 0 Å². The molecule has 0 aromatic carbocycles. The summed E-state index contributed by atoms with van der Waals surface area (Å²) in [6, 6.07) is 0. The highest BCUT2D eigenvalue weighted by molar-refractivity contribution is 5.67. The van der Waals surface area contributed by atoms with E-state index in [0.717, 1.165) is 11.1 Å². The molecule has 0 saturated heterocycles. The molecule has 1 aromatic rings. The number of tetrazole rings is 1. The van der Waals surface area contributed by atoms with Crippen LogP contribution in [0.4, 0.5) is 4.79 Å². The lowest BCUT2D eigenvalue weighted by Gasteiger charge is -1.90. The van der Waals surface area contributed by atoms with Crippen LogP contribution in [0, 0.1) is 0 Å². The molecule has 0 unspecified atom stereocenters. The molecule has 0 aliphatic heterocycles. The van der Waals surface area contributed by atoms with E-state index in [9.17, 15) is 4.79 Å². The molecule has 0 atom stereocenters. The largest absolute Gasteiger partial charge is 0.453 e. The van der Waals surface area contributed by atoms with Crippen molar-refractivity contribution in [3.8, 4) is 0 Å². The van der Waals surface area contributed by atoms with Crippen molar-refractivity contribution >= 4 is 6.09 Å². The lowest BCUT2D eigenvalue weighted by Crippen LogP contribution is -2.14. The molecule has 0 aliphatic carbocycles. The summed E-state index contributed by atoms with van der Waals surface area (Å²) in [5.74, 6) is 0. The molecule has 0 N–H and O–H groups in total. The summed E-state index contributed by atoms with van der Waals surface area (Å²) in [5.41, 5.74) is 0. The summed E-state index contributed by atoms with van der Waals surface area (Å²) in [6.07, 6.45) is 0.504. The van der Waals surface area contributed by atoms with Gasteiger partial charge < -0.3 is 4.74 Å². The second-order valence-corrected chi connectivity index (χ2v) is 1.20. The van der Waals surface area contributed by atoms with Crippen LogP contribution in [0.2, 0.25) is 0 Å². The van der Waals surface area contributed by atoms with Gasteiger partial charge in [-0.2, -0.15) is 0 Å². The van der Waals surface area contributed by atoms with E-state index in [2.05, 4.69) is 20.1 Å². The number of hydrogen-bond donors (Lipinski definition) is 0. The van der Waals surface area contributed by atoms with Crippen LogP contribution in [0.25, 0.3) is 0 Å². The third-order valence-electron chi connectivity index (χ3n) is 0.687. The minimum absolute atomic E-state index is 0.646. The van der Waals surface area contributed by atoms with Crippen LogP contribution >= 0.6 is 0 Å². The average Bonchev–Trinajstić information content (AvgIpc) is 2.37. The lowest BCUT2D eigenvalue weighted by atomic mass is 11.2. The molecule has 0 saturated carbocycles. The molecule has 6 heteroatoms. The highest BCUT2D eigenvalue weighted by Crippen LogP contribution is 1.76. The smallest absolute Gasteiger partial charge is 0.450 e. The molecule has 0 aliphatic rings. The summed E-state index contributed by atoms with van der Waals surface area (Å²) in [5, 5.41) is 9.97. The van der Waals surface area contributed by atoms with Gasteiger partial charge in [0.05, 0.1) is 7.11 Å². The quantitative estimate of drug-likeness (QED) is 0.461. The summed E-state index contributed by atoms with van der Waals surface area (Å²) in [7, 11) is 1.24. The Balaban J connectivity index is 2.77. The molecule has 0 bridgehead atoms. The molecular formula is C3H4N4O2. The number of methoxy groups -OCH3 is 1. The zero-order valence-electron chi connectivity index (χ0n) is 4.68. The molecule has 0 amide bonds. The Bertz CT molecular complexity index is 194. The summed E-state index contributed by atoms with van der Waals surface area (Å²) < 4.78 is 4.25. The maximum absolute atomic E-state index is 10.5.